The second kappa shape index (κ2) is 22.6. The summed E-state index contributed by atoms with van der Waals surface area (Å²) in [6.45, 7) is 3.13. The number of aliphatic hydroxyl groups excluding tert-OH is 1. The maximum atomic E-state index is 12.0. The number of phosphoric ester groups is 1. The monoisotopic (exact) mass is 585 g/mol. The van der Waals surface area contributed by atoms with Crippen LogP contribution in [0.2, 0.25) is 0 Å². The zero-order valence-corrected chi connectivity index (χ0v) is 27.0. The molecule has 40 heavy (non-hydrogen) atoms. The minimum Gasteiger partial charge on any atom is -0.756 e. The third-order valence-electron chi connectivity index (χ3n) is 7.12. The van der Waals surface area contributed by atoms with Crippen LogP contribution < -0.4 is 9.63 Å². The number of phosphoric acid groups is 1. The van der Waals surface area contributed by atoms with Crippen LogP contribution in [0.1, 0.15) is 115 Å². The highest BCUT2D eigenvalue weighted by Gasteiger charge is 2.17. The summed E-state index contributed by atoms with van der Waals surface area (Å²) in [6, 6.07) is 7.57. The molecule has 1 rings (SSSR count). The van der Waals surface area contributed by atoms with Crippen molar-refractivity contribution in [2.75, 3.05) is 47.5 Å². The van der Waals surface area contributed by atoms with Gasteiger partial charge in [-0.15, -0.1) is 0 Å². The van der Waals surface area contributed by atoms with Crippen LogP contribution in [-0.2, 0) is 20.0 Å². The maximum Gasteiger partial charge on any atom is 0.268 e. The normalized spacial score (nSPS) is 14.2. The minimum absolute atomic E-state index is 0.0381. The van der Waals surface area contributed by atoms with Gasteiger partial charge in [0.25, 0.3) is 7.82 Å². The number of hydrogen-bond donors (Lipinski definition) is 1. The van der Waals surface area contributed by atoms with Gasteiger partial charge >= 0.3 is 0 Å². The topological polar surface area (TPSA) is 88.0 Å². The van der Waals surface area contributed by atoms with Crippen LogP contribution in [-0.4, -0.2) is 63.2 Å². The Kier molecular flexibility index (Phi) is 21.0. The number of likely N-dealkylation sites (N-methyl/N-ethyl adjacent to an activating group) is 1. The van der Waals surface area contributed by atoms with Crippen molar-refractivity contribution in [3.8, 4) is 5.75 Å². The molecule has 0 aromatic heterocycles. The van der Waals surface area contributed by atoms with Crippen LogP contribution >= 0.6 is 7.82 Å². The lowest BCUT2D eigenvalue weighted by molar-refractivity contribution is -0.870. The quantitative estimate of drug-likeness (QED) is 0.0656. The van der Waals surface area contributed by atoms with Crippen molar-refractivity contribution < 1.29 is 32.8 Å². The third kappa shape index (κ3) is 21.8. The fraction of sp³-hybridized carbons (Fsp3) is 0.812. The van der Waals surface area contributed by atoms with Crippen molar-refractivity contribution in [3.05, 3.63) is 29.8 Å². The second-order valence-corrected chi connectivity index (χ2v) is 13.6. The van der Waals surface area contributed by atoms with Crippen LogP contribution in [0.15, 0.2) is 24.3 Å². The molecule has 0 bridgehead atoms. The largest absolute Gasteiger partial charge is 0.756 e. The van der Waals surface area contributed by atoms with E-state index in [4.69, 9.17) is 13.8 Å². The van der Waals surface area contributed by atoms with E-state index in [1.54, 1.807) is 0 Å². The highest BCUT2D eigenvalue weighted by molar-refractivity contribution is 7.45. The zero-order chi connectivity index (χ0) is 29.5. The first kappa shape index (κ1) is 37.1. The van der Waals surface area contributed by atoms with Gasteiger partial charge in [-0.25, -0.2) is 0 Å². The molecule has 0 saturated carbocycles. The molecule has 2 unspecified atom stereocenters. The number of ether oxygens (including phenoxy) is 1. The van der Waals surface area contributed by atoms with Crippen molar-refractivity contribution in [1.29, 1.82) is 0 Å². The Morgan fingerprint density at radius 3 is 1.80 bits per heavy atom. The Morgan fingerprint density at radius 1 is 0.775 bits per heavy atom. The Balaban J connectivity index is 2.10. The maximum absolute atomic E-state index is 12.0. The highest BCUT2D eigenvalue weighted by atomic mass is 31.2. The Hall–Kier alpha value is -0.950. The average molecular weight is 586 g/mol. The lowest BCUT2D eigenvalue weighted by atomic mass is 10.0. The van der Waals surface area contributed by atoms with Crippen molar-refractivity contribution in [1.82, 2.24) is 0 Å². The molecule has 1 N–H and O–H groups in total. The molecular weight excluding hydrogens is 525 g/mol. The summed E-state index contributed by atoms with van der Waals surface area (Å²) in [7, 11) is 1.40. The molecular formula is C32H60NO6P. The van der Waals surface area contributed by atoms with Crippen molar-refractivity contribution >= 4 is 7.82 Å². The van der Waals surface area contributed by atoms with E-state index in [0.717, 1.165) is 24.2 Å². The Labute approximate surface area is 245 Å². The number of benzene rings is 1. The molecule has 0 radical (unpaired) electrons. The van der Waals surface area contributed by atoms with E-state index in [9.17, 15) is 14.6 Å². The van der Waals surface area contributed by atoms with Gasteiger partial charge in [0.15, 0.2) is 0 Å². The van der Waals surface area contributed by atoms with E-state index in [2.05, 4.69) is 6.92 Å². The number of quaternary nitrogens is 1. The summed E-state index contributed by atoms with van der Waals surface area (Å²) < 4.78 is 28.3. The smallest absolute Gasteiger partial charge is 0.268 e. The first-order valence-electron chi connectivity index (χ1n) is 15.9. The summed E-state index contributed by atoms with van der Waals surface area (Å²) in [5.74, 6) is 0.729. The van der Waals surface area contributed by atoms with E-state index in [1.807, 2.05) is 45.4 Å². The molecule has 7 nitrogen and oxygen atoms in total. The first-order valence-corrected chi connectivity index (χ1v) is 17.4. The number of nitrogens with zero attached hydrogens (tertiary/aromatic N) is 1. The molecule has 0 amide bonds. The molecule has 0 saturated heterocycles. The van der Waals surface area contributed by atoms with E-state index in [-0.39, 0.29) is 19.6 Å². The predicted octanol–water partition coefficient (Wildman–Crippen LogP) is 7.44. The van der Waals surface area contributed by atoms with Crippen molar-refractivity contribution in [2.24, 2.45) is 0 Å². The first-order chi connectivity index (χ1) is 19.1. The van der Waals surface area contributed by atoms with Gasteiger partial charge in [-0.1, -0.05) is 121 Å². The van der Waals surface area contributed by atoms with Gasteiger partial charge in [0.2, 0.25) is 0 Å². The molecule has 0 fully saturated rings. The van der Waals surface area contributed by atoms with Crippen LogP contribution in [0.5, 0.6) is 5.75 Å². The van der Waals surface area contributed by atoms with E-state index >= 15 is 0 Å². The zero-order valence-electron chi connectivity index (χ0n) is 26.1. The van der Waals surface area contributed by atoms with Gasteiger partial charge in [0, 0.05) is 6.42 Å². The second-order valence-electron chi connectivity index (χ2n) is 12.2. The van der Waals surface area contributed by atoms with Crippen LogP contribution in [0.25, 0.3) is 0 Å². The molecule has 234 valence electrons. The van der Waals surface area contributed by atoms with Crippen molar-refractivity contribution in [2.45, 2.75) is 122 Å². The molecule has 8 heteroatoms. The van der Waals surface area contributed by atoms with Gasteiger partial charge in [-0.05, 0) is 18.1 Å². The van der Waals surface area contributed by atoms with Crippen LogP contribution in [0, 0.1) is 0 Å². The summed E-state index contributed by atoms with van der Waals surface area (Å²) in [4.78, 5) is 12.0. The standard InChI is InChI=1S/C32H60NO6P/c1-5-6-7-8-9-10-11-12-13-14-15-16-17-18-19-22-26-37-32-24-21-20-23-30(32)28-31(34)29-39-40(35,36)38-27-25-33(2,3)4/h20-21,23-24,31,34H,5-19,22,25-29H2,1-4H3. The fourth-order valence-electron chi connectivity index (χ4n) is 4.60. The number of unbranched alkanes of at least 4 members (excludes halogenated alkanes) is 15. The summed E-state index contributed by atoms with van der Waals surface area (Å²) >= 11 is 0. The summed E-state index contributed by atoms with van der Waals surface area (Å²) in [6.07, 6.45) is 20.6. The Morgan fingerprint density at radius 2 is 1.27 bits per heavy atom. The van der Waals surface area contributed by atoms with E-state index in [1.165, 1.54) is 89.9 Å². The van der Waals surface area contributed by atoms with E-state index in [0.29, 0.717) is 17.6 Å². The number of para-hydroxylation sites is 1. The van der Waals surface area contributed by atoms with Crippen molar-refractivity contribution in [3.63, 3.8) is 0 Å². The molecule has 0 aliphatic carbocycles. The number of aliphatic hydroxyl groups is 1. The van der Waals surface area contributed by atoms with Gasteiger partial charge in [-0.3, -0.25) is 4.57 Å². The fourth-order valence-corrected chi connectivity index (χ4v) is 5.33. The number of hydrogen-bond acceptors (Lipinski definition) is 6. The molecule has 2 atom stereocenters. The number of rotatable bonds is 27. The molecule has 0 aliphatic rings. The van der Waals surface area contributed by atoms with E-state index < -0.39 is 13.9 Å². The summed E-state index contributed by atoms with van der Waals surface area (Å²) in [5.41, 5.74) is 0.835. The molecule has 0 heterocycles. The Bertz CT molecular complexity index is 785. The lowest BCUT2D eigenvalue weighted by Gasteiger charge is -2.27. The van der Waals surface area contributed by atoms with Gasteiger partial charge in [-0.2, -0.15) is 0 Å². The highest BCUT2D eigenvalue weighted by Crippen LogP contribution is 2.38. The molecule has 1 aromatic carbocycles. The molecule has 1 aromatic rings. The molecule has 0 aliphatic heterocycles. The van der Waals surface area contributed by atoms with Gasteiger partial charge < -0.3 is 28.3 Å². The van der Waals surface area contributed by atoms with Gasteiger partial charge in [0.1, 0.15) is 18.9 Å². The third-order valence-corrected chi connectivity index (χ3v) is 8.08. The molecule has 0 spiro atoms. The lowest BCUT2D eigenvalue weighted by Crippen LogP contribution is -2.37. The average Bonchev–Trinajstić information content (AvgIpc) is 2.89. The predicted molar refractivity (Wildman–Crippen MR) is 164 cm³/mol. The minimum atomic E-state index is -4.45. The van der Waals surface area contributed by atoms with Crippen LogP contribution in [0.3, 0.4) is 0 Å². The SMILES string of the molecule is CCCCCCCCCCCCCCCCCCOc1ccccc1CC(O)COP(=O)([O-])OCC[N+](C)(C)C. The summed E-state index contributed by atoms with van der Waals surface area (Å²) in [5, 5.41) is 10.4. The van der Waals surface area contributed by atoms with Crippen LogP contribution in [0.4, 0.5) is 0 Å². The van der Waals surface area contributed by atoms with Gasteiger partial charge in [0.05, 0.1) is 40.5 Å².